The number of benzene rings is 1. The van der Waals surface area contributed by atoms with Crippen LogP contribution < -0.4 is 5.73 Å². The van der Waals surface area contributed by atoms with Crippen molar-refractivity contribution < 1.29 is 9.13 Å². The number of hydrogen-bond donors (Lipinski definition) is 1. The van der Waals surface area contributed by atoms with Gasteiger partial charge in [0.15, 0.2) is 0 Å². The third-order valence-electron chi connectivity index (χ3n) is 2.75. The average Bonchev–Trinajstić information content (AvgIpc) is 2.06. The number of rotatable bonds is 2. The van der Waals surface area contributed by atoms with Crippen LogP contribution in [0.2, 0.25) is 0 Å². The summed E-state index contributed by atoms with van der Waals surface area (Å²) in [4.78, 5) is 0. The first kappa shape index (κ1) is 9.62. The Morgan fingerprint density at radius 3 is 2.71 bits per heavy atom. The highest BCUT2D eigenvalue weighted by Crippen LogP contribution is 2.26. The molecule has 2 rings (SSSR count). The van der Waals surface area contributed by atoms with E-state index in [1.54, 1.807) is 13.0 Å². The molecule has 76 valence electrons. The van der Waals surface area contributed by atoms with Crippen LogP contribution in [0.1, 0.15) is 17.2 Å². The van der Waals surface area contributed by atoms with Crippen LogP contribution in [0, 0.1) is 18.7 Å². The smallest absolute Gasteiger partial charge is 0.126 e. The van der Waals surface area contributed by atoms with Crippen LogP contribution in [0.3, 0.4) is 0 Å². The third kappa shape index (κ3) is 1.65. The molecular formula is C11H14FNO. The lowest BCUT2D eigenvalue weighted by atomic mass is 9.92. The van der Waals surface area contributed by atoms with Gasteiger partial charge in [0, 0.05) is 12.0 Å². The fraction of sp³-hybridized carbons (Fsp3) is 0.455. The second-order valence-electron chi connectivity index (χ2n) is 3.83. The predicted molar refractivity (Wildman–Crippen MR) is 52.4 cm³/mol. The lowest BCUT2D eigenvalue weighted by molar-refractivity contribution is -0.0442. The fourth-order valence-electron chi connectivity index (χ4n) is 1.55. The monoisotopic (exact) mass is 195 g/mol. The van der Waals surface area contributed by atoms with Gasteiger partial charge in [-0.2, -0.15) is 0 Å². The quantitative estimate of drug-likeness (QED) is 0.780. The summed E-state index contributed by atoms with van der Waals surface area (Å²) in [6, 6.07) is 5.09. The summed E-state index contributed by atoms with van der Waals surface area (Å²) in [5.41, 5.74) is 7.49. The predicted octanol–water partition coefficient (Wildman–Crippen LogP) is 1.78. The first-order chi connectivity index (χ1) is 6.68. The van der Waals surface area contributed by atoms with E-state index in [-0.39, 0.29) is 11.9 Å². The van der Waals surface area contributed by atoms with E-state index in [4.69, 9.17) is 10.5 Å². The lowest BCUT2D eigenvalue weighted by Crippen LogP contribution is -2.37. The molecule has 3 heteroatoms. The van der Waals surface area contributed by atoms with Crippen LogP contribution in [-0.4, -0.2) is 13.2 Å². The Hall–Kier alpha value is -0.930. The zero-order valence-corrected chi connectivity index (χ0v) is 8.16. The van der Waals surface area contributed by atoms with Gasteiger partial charge in [0.25, 0.3) is 0 Å². The normalized spacial score (nSPS) is 19.1. The maximum Gasteiger partial charge on any atom is 0.126 e. The molecule has 0 saturated carbocycles. The summed E-state index contributed by atoms with van der Waals surface area (Å²) in [5, 5.41) is 0. The molecule has 0 radical (unpaired) electrons. The SMILES string of the molecule is Cc1ccc([C@H](N)C2COC2)cc1F. The highest BCUT2D eigenvalue weighted by Gasteiger charge is 2.26. The second-order valence-corrected chi connectivity index (χ2v) is 3.83. The zero-order valence-electron chi connectivity index (χ0n) is 8.16. The van der Waals surface area contributed by atoms with Crippen LogP contribution in [0.4, 0.5) is 4.39 Å². The largest absolute Gasteiger partial charge is 0.381 e. The van der Waals surface area contributed by atoms with Crippen LogP contribution in [0.25, 0.3) is 0 Å². The van der Waals surface area contributed by atoms with Gasteiger partial charge in [0.1, 0.15) is 5.82 Å². The highest BCUT2D eigenvalue weighted by molar-refractivity contribution is 5.26. The lowest BCUT2D eigenvalue weighted by Gasteiger charge is -2.31. The molecule has 0 spiro atoms. The van der Waals surface area contributed by atoms with Gasteiger partial charge in [-0.1, -0.05) is 12.1 Å². The molecule has 2 N–H and O–H groups in total. The summed E-state index contributed by atoms with van der Waals surface area (Å²) in [5.74, 6) is 0.162. The minimum Gasteiger partial charge on any atom is -0.381 e. The molecule has 1 aromatic rings. The maximum absolute atomic E-state index is 13.2. The first-order valence-electron chi connectivity index (χ1n) is 4.78. The van der Waals surface area contributed by atoms with Crippen LogP contribution in [-0.2, 0) is 4.74 Å². The van der Waals surface area contributed by atoms with E-state index in [9.17, 15) is 4.39 Å². The molecule has 0 bridgehead atoms. The minimum absolute atomic E-state index is 0.0983. The molecule has 1 aliphatic heterocycles. The van der Waals surface area contributed by atoms with Crippen molar-refractivity contribution in [2.45, 2.75) is 13.0 Å². The Morgan fingerprint density at radius 1 is 1.50 bits per heavy atom. The van der Waals surface area contributed by atoms with E-state index in [0.717, 1.165) is 5.56 Å². The van der Waals surface area contributed by atoms with Gasteiger partial charge < -0.3 is 10.5 Å². The molecule has 0 unspecified atom stereocenters. The van der Waals surface area contributed by atoms with Gasteiger partial charge >= 0.3 is 0 Å². The highest BCUT2D eigenvalue weighted by atomic mass is 19.1. The summed E-state index contributed by atoms with van der Waals surface area (Å²) < 4.78 is 18.3. The second kappa shape index (κ2) is 3.67. The molecule has 1 saturated heterocycles. The third-order valence-corrected chi connectivity index (χ3v) is 2.75. The van der Waals surface area contributed by atoms with E-state index in [1.807, 2.05) is 6.07 Å². The van der Waals surface area contributed by atoms with E-state index >= 15 is 0 Å². The molecule has 2 nitrogen and oxygen atoms in total. The fourth-order valence-corrected chi connectivity index (χ4v) is 1.55. The standard InChI is InChI=1S/C11H14FNO/c1-7-2-3-8(4-10(7)12)11(13)9-5-14-6-9/h2-4,9,11H,5-6,13H2,1H3/t11-/m0/s1. The molecule has 0 aromatic heterocycles. The summed E-state index contributed by atoms with van der Waals surface area (Å²) in [6.07, 6.45) is 0. The topological polar surface area (TPSA) is 35.2 Å². The van der Waals surface area contributed by atoms with Crippen molar-refractivity contribution in [3.8, 4) is 0 Å². The summed E-state index contributed by atoms with van der Waals surface area (Å²) in [7, 11) is 0. The molecule has 14 heavy (non-hydrogen) atoms. The number of aryl methyl sites for hydroxylation is 1. The molecule has 1 fully saturated rings. The van der Waals surface area contributed by atoms with E-state index in [1.165, 1.54) is 6.07 Å². The van der Waals surface area contributed by atoms with Crippen LogP contribution >= 0.6 is 0 Å². The Morgan fingerprint density at radius 2 is 2.21 bits per heavy atom. The Bertz CT molecular complexity index is 336. The van der Waals surface area contributed by atoms with Gasteiger partial charge in [0.05, 0.1) is 13.2 Å². The molecule has 0 amide bonds. The maximum atomic E-state index is 13.2. The van der Waals surface area contributed by atoms with Crippen molar-refractivity contribution in [3.05, 3.63) is 35.1 Å². The molecule has 1 aromatic carbocycles. The van der Waals surface area contributed by atoms with Crippen molar-refractivity contribution in [2.24, 2.45) is 11.7 Å². The van der Waals surface area contributed by atoms with Gasteiger partial charge in [-0.05, 0) is 24.1 Å². The van der Waals surface area contributed by atoms with Gasteiger partial charge in [-0.3, -0.25) is 0 Å². The van der Waals surface area contributed by atoms with Crippen molar-refractivity contribution >= 4 is 0 Å². The number of nitrogens with two attached hydrogens (primary N) is 1. The molecule has 0 aliphatic carbocycles. The van der Waals surface area contributed by atoms with Crippen molar-refractivity contribution in [1.29, 1.82) is 0 Å². The Balaban J connectivity index is 2.18. The molecular weight excluding hydrogens is 181 g/mol. The number of hydrogen-bond acceptors (Lipinski definition) is 2. The minimum atomic E-state index is -0.182. The van der Waals surface area contributed by atoms with Crippen LogP contribution in [0.15, 0.2) is 18.2 Å². The Kier molecular flexibility index (Phi) is 2.52. The zero-order chi connectivity index (χ0) is 10.1. The Labute approximate surface area is 82.9 Å². The van der Waals surface area contributed by atoms with Gasteiger partial charge in [-0.25, -0.2) is 4.39 Å². The van der Waals surface area contributed by atoms with E-state index in [0.29, 0.717) is 24.7 Å². The summed E-state index contributed by atoms with van der Waals surface area (Å²) >= 11 is 0. The molecule has 1 atom stereocenters. The van der Waals surface area contributed by atoms with Crippen LogP contribution in [0.5, 0.6) is 0 Å². The van der Waals surface area contributed by atoms with E-state index in [2.05, 4.69) is 0 Å². The van der Waals surface area contributed by atoms with Gasteiger partial charge in [0.2, 0.25) is 0 Å². The first-order valence-corrected chi connectivity index (χ1v) is 4.78. The van der Waals surface area contributed by atoms with Gasteiger partial charge in [-0.15, -0.1) is 0 Å². The van der Waals surface area contributed by atoms with E-state index < -0.39 is 0 Å². The number of halogens is 1. The summed E-state index contributed by atoms with van der Waals surface area (Å²) in [6.45, 7) is 3.13. The molecule has 1 aliphatic rings. The molecule has 1 heterocycles. The number of ether oxygens (including phenoxy) is 1. The van der Waals surface area contributed by atoms with Crippen molar-refractivity contribution in [3.63, 3.8) is 0 Å². The van der Waals surface area contributed by atoms with Crippen molar-refractivity contribution in [1.82, 2.24) is 0 Å². The van der Waals surface area contributed by atoms with Crippen molar-refractivity contribution in [2.75, 3.05) is 13.2 Å². The average molecular weight is 195 g/mol.